The zero-order chi connectivity index (χ0) is 13.5. The molecule has 4 N–H and O–H groups in total. The third kappa shape index (κ3) is 4.68. The summed E-state index contributed by atoms with van der Waals surface area (Å²) in [5.41, 5.74) is -0.301. The van der Waals surface area contributed by atoms with Gasteiger partial charge in [-0.1, -0.05) is 0 Å². The molecule has 2 amide bonds. The fourth-order valence-corrected chi connectivity index (χ4v) is 1.84. The number of aromatic amines is 1. The van der Waals surface area contributed by atoms with Gasteiger partial charge in [-0.2, -0.15) is 5.10 Å². The summed E-state index contributed by atoms with van der Waals surface area (Å²) in [6.45, 7) is 5.40. The fourth-order valence-electron chi connectivity index (χ4n) is 1.84. The zero-order valence-corrected chi connectivity index (χ0v) is 10.6. The fraction of sp³-hybridized carbons (Fsp3) is 0.545. The van der Waals surface area contributed by atoms with E-state index in [0.29, 0.717) is 12.4 Å². The van der Waals surface area contributed by atoms with Crippen LogP contribution in [0.25, 0.3) is 0 Å². The molecule has 0 bridgehead atoms. The highest BCUT2D eigenvalue weighted by atomic mass is 16.2. The molecule has 19 heavy (non-hydrogen) atoms. The molecule has 8 nitrogen and oxygen atoms in total. The van der Waals surface area contributed by atoms with Gasteiger partial charge in [-0.15, -0.1) is 0 Å². The number of piperazine rings is 1. The van der Waals surface area contributed by atoms with Crippen molar-refractivity contribution in [2.45, 2.75) is 0 Å². The lowest BCUT2D eigenvalue weighted by molar-refractivity contribution is 0.233. The second-order valence-corrected chi connectivity index (χ2v) is 4.28. The molecule has 1 aliphatic rings. The van der Waals surface area contributed by atoms with E-state index in [9.17, 15) is 9.59 Å². The van der Waals surface area contributed by atoms with Crippen LogP contribution in [-0.4, -0.2) is 60.4 Å². The number of hydrogen-bond acceptors (Lipinski definition) is 5. The average Bonchev–Trinajstić information content (AvgIpc) is 2.43. The van der Waals surface area contributed by atoms with Gasteiger partial charge in [0.2, 0.25) is 0 Å². The van der Waals surface area contributed by atoms with Crippen molar-refractivity contribution in [3.8, 4) is 0 Å². The van der Waals surface area contributed by atoms with E-state index >= 15 is 0 Å². The van der Waals surface area contributed by atoms with Gasteiger partial charge in [0.15, 0.2) is 5.82 Å². The summed E-state index contributed by atoms with van der Waals surface area (Å²) >= 11 is 0. The largest absolute Gasteiger partial charge is 0.337 e. The molecule has 1 aromatic rings. The SMILES string of the molecule is O=C(NCCN1CCNCC1)Nc1ccc(=O)[nH]n1. The van der Waals surface area contributed by atoms with Gasteiger partial charge in [0.25, 0.3) is 5.56 Å². The molecule has 0 spiro atoms. The average molecular weight is 266 g/mol. The summed E-state index contributed by atoms with van der Waals surface area (Å²) in [5, 5.41) is 14.5. The molecule has 2 heterocycles. The Morgan fingerprint density at radius 3 is 2.84 bits per heavy atom. The van der Waals surface area contributed by atoms with Crippen molar-refractivity contribution < 1.29 is 4.79 Å². The minimum Gasteiger partial charge on any atom is -0.337 e. The van der Waals surface area contributed by atoms with Crippen LogP contribution in [0.3, 0.4) is 0 Å². The minimum atomic E-state index is -0.324. The minimum absolute atomic E-state index is 0.301. The Labute approximate surface area is 110 Å². The van der Waals surface area contributed by atoms with Crippen LogP contribution in [-0.2, 0) is 0 Å². The summed E-state index contributed by atoms with van der Waals surface area (Å²) in [5.74, 6) is 0.319. The number of H-pyrrole nitrogens is 1. The first-order valence-electron chi connectivity index (χ1n) is 6.28. The maximum absolute atomic E-state index is 11.6. The Morgan fingerprint density at radius 2 is 2.16 bits per heavy atom. The summed E-state index contributed by atoms with van der Waals surface area (Å²) in [6, 6.07) is 2.44. The van der Waals surface area contributed by atoms with E-state index < -0.39 is 0 Å². The predicted molar refractivity (Wildman–Crippen MR) is 71.2 cm³/mol. The van der Waals surface area contributed by atoms with Crippen LogP contribution in [0.5, 0.6) is 0 Å². The number of hydrogen-bond donors (Lipinski definition) is 4. The van der Waals surface area contributed by atoms with Crippen LogP contribution in [0.2, 0.25) is 0 Å². The summed E-state index contributed by atoms with van der Waals surface area (Å²) in [7, 11) is 0. The third-order valence-electron chi connectivity index (χ3n) is 2.84. The Bertz CT molecular complexity index is 448. The van der Waals surface area contributed by atoms with Crippen LogP contribution in [0.15, 0.2) is 16.9 Å². The zero-order valence-electron chi connectivity index (χ0n) is 10.6. The molecule has 0 aromatic carbocycles. The van der Waals surface area contributed by atoms with Gasteiger partial charge in [-0.05, 0) is 6.07 Å². The van der Waals surface area contributed by atoms with Crippen LogP contribution in [0, 0.1) is 0 Å². The van der Waals surface area contributed by atoms with Crippen molar-refractivity contribution in [2.24, 2.45) is 0 Å². The van der Waals surface area contributed by atoms with Gasteiger partial charge in [0, 0.05) is 45.3 Å². The van der Waals surface area contributed by atoms with E-state index in [1.165, 1.54) is 12.1 Å². The maximum Gasteiger partial charge on any atom is 0.320 e. The first-order chi connectivity index (χ1) is 9.24. The highest BCUT2D eigenvalue weighted by Gasteiger charge is 2.09. The van der Waals surface area contributed by atoms with E-state index in [2.05, 4.69) is 31.0 Å². The standard InChI is InChI=1S/C11H18N6O2/c18-10-2-1-9(15-16-10)14-11(19)13-5-8-17-6-3-12-4-7-17/h1-2,12H,3-8H2,(H,16,18)(H2,13,14,15,19). The number of rotatable bonds is 4. The van der Waals surface area contributed by atoms with Crippen molar-refractivity contribution in [3.05, 3.63) is 22.5 Å². The predicted octanol–water partition coefficient (Wildman–Crippen LogP) is -1.20. The first kappa shape index (κ1) is 13.5. The quantitative estimate of drug-likeness (QED) is 0.548. The Balaban J connectivity index is 1.66. The van der Waals surface area contributed by atoms with Crippen LogP contribution in [0.4, 0.5) is 10.6 Å². The normalized spacial score (nSPS) is 16.0. The van der Waals surface area contributed by atoms with Crippen molar-refractivity contribution in [1.29, 1.82) is 0 Å². The number of amides is 2. The Kier molecular flexibility index (Phi) is 4.87. The van der Waals surface area contributed by atoms with Gasteiger partial charge in [0.1, 0.15) is 0 Å². The van der Waals surface area contributed by atoms with E-state index in [-0.39, 0.29) is 11.6 Å². The molecule has 0 radical (unpaired) electrons. The maximum atomic E-state index is 11.6. The molecule has 0 atom stereocenters. The molecule has 1 aliphatic heterocycles. The molecule has 1 saturated heterocycles. The second-order valence-electron chi connectivity index (χ2n) is 4.28. The number of aromatic nitrogens is 2. The molecule has 0 aliphatic carbocycles. The number of nitrogens with one attached hydrogen (secondary N) is 4. The molecular formula is C11H18N6O2. The van der Waals surface area contributed by atoms with Gasteiger partial charge >= 0.3 is 6.03 Å². The highest BCUT2D eigenvalue weighted by Crippen LogP contribution is 1.95. The number of urea groups is 1. The lowest BCUT2D eigenvalue weighted by Crippen LogP contribution is -2.46. The van der Waals surface area contributed by atoms with Gasteiger partial charge in [-0.3, -0.25) is 15.0 Å². The van der Waals surface area contributed by atoms with Gasteiger partial charge in [-0.25, -0.2) is 9.89 Å². The monoisotopic (exact) mass is 266 g/mol. The topological polar surface area (TPSA) is 102 Å². The molecule has 2 rings (SSSR count). The van der Waals surface area contributed by atoms with E-state index in [1.807, 2.05) is 0 Å². The van der Waals surface area contributed by atoms with Crippen LogP contribution in [0.1, 0.15) is 0 Å². The summed E-state index contributed by atoms with van der Waals surface area (Å²) in [4.78, 5) is 24.6. The molecule has 1 aromatic heterocycles. The van der Waals surface area contributed by atoms with E-state index in [1.54, 1.807) is 0 Å². The molecule has 0 unspecified atom stereocenters. The lowest BCUT2D eigenvalue weighted by atomic mass is 10.3. The molecule has 0 saturated carbocycles. The molecular weight excluding hydrogens is 248 g/mol. The van der Waals surface area contributed by atoms with Gasteiger partial charge < -0.3 is 10.6 Å². The van der Waals surface area contributed by atoms with Crippen molar-refractivity contribution >= 4 is 11.8 Å². The van der Waals surface area contributed by atoms with Crippen molar-refractivity contribution in [3.63, 3.8) is 0 Å². The van der Waals surface area contributed by atoms with E-state index in [0.717, 1.165) is 32.7 Å². The number of carbonyl (C=O) groups is 1. The Morgan fingerprint density at radius 1 is 1.37 bits per heavy atom. The highest BCUT2D eigenvalue weighted by molar-refractivity contribution is 5.87. The molecule has 8 heteroatoms. The lowest BCUT2D eigenvalue weighted by Gasteiger charge is -2.27. The smallest absolute Gasteiger partial charge is 0.320 e. The van der Waals surface area contributed by atoms with Crippen LogP contribution < -0.4 is 21.5 Å². The van der Waals surface area contributed by atoms with E-state index in [4.69, 9.17) is 0 Å². The van der Waals surface area contributed by atoms with Crippen molar-refractivity contribution in [1.82, 2.24) is 25.7 Å². The third-order valence-corrected chi connectivity index (χ3v) is 2.84. The molecule has 104 valence electrons. The van der Waals surface area contributed by atoms with Crippen molar-refractivity contribution in [2.75, 3.05) is 44.6 Å². The number of carbonyl (C=O) groups excluding carboxylic acids is 1. The molecule has 1 fully saturated rings. The second kappa shape index (κ2) is 6.86. The summed E-state index contributed by atoms with van der Waals surface area (Å²) in [6.07, 6.45) is 0. The first-order valence-corrected chi connectivity index (χ1v) is 6.28. The number of anilines is 1. The van der Waals surface area contributed by atoms with Gasteiger partial charge in [0.05, 0.1) is 0 Å². The number of nitrogens with zero attached hydrogens (tertiary/aromatic N) is 2. The van der Waals surface area contributed by atoms with Crippen LogP contribution >= 0.6 is 0 Å². The summed E-state index contributed by atoms with van der Waals surface area (Å²) < 4.78 is 0. The Hall–Kier alpha value is -1.93.